The highest BCUT2D eigenvalue weighted by atomic mass is 79.9. The van der Waals surface area contributed by atoms with Gasteiger partial charge in [0.05, 0.1) is 20.3 Å². The number of aromatic hydroxyl groups is 1. The second-order valence-electron chi connectivity index (χ2n) is 4.66. The van der Waals surface area contributed by atoms with Gasteiger partial charge in [0.1, 0.15) is 11.4 Å². The number of anilines is 2. The number of phenols is 1. The van der Waals surface area contributed by atoms with Gasteiger partial charge in [-0.15, -0.1) is 0 Å². The summed E-state index contributed by atoms with van der Waals surface area (Å²) in [6.07, 6.45) is 1.70. The van der Waals surface area contributed by atoms with E-state index in [0.29, 0.717) is 25.4 Å². The van der Waals surface area contributed by atoms with E-state index in [0.717, 1.165) is 11.3 Å². The van der Waals surface area contributed by atoms with Gasteiger partial charge in [0.2, 0.25) is 0 Å². The molecule has 4 nitrogen and oxygen atoms in total. The molecule has 1 heterocycles. The summed E-state index contributed by atoms with van der Waals surface area (Å²) in [4.78, 5) is 12.2. The maximum Gasteiger partial charge on any atom is 0.272 e. The topological polar surface area (TPSA) is 61.4 Å². The molecule has 0 spiro atoms. The zero-order valence-corrected chi connectivity index (χ0v) is 14.9. The fourth-order valence-corrected chi connectivity index (χ4v) is 3.45. The van der Waals surface area contributed by atoms with Crippen LogP contribution in [0, 0.1) is 0 Å². The molecule has 0 unspecified atom stereocenters. The van der Waals surface area contributed by atoms with Crippen LogP contribution in [-0.2, 0) is 4.79 Å². The van der Waals surface area contributed by atoms with Gasteiger partial charge in [0.25, 0.3) is 5.91 Å². The average Bonchev–Trinajstić information content (AvgIpc) is 2.45. The zero-order chi connectivity index (χ0) is 15.9. The Hall–Kier alpha value is -1.50. The Morgan fingerprint density at radius 1 is 1.05 bits per heavy atom. The van der Waals surface area contributed by atoms with Crippen LogP contribution in [0.1, 0.15) is 5.56 Å². The van der Waals surface area contributed by atoms with Gasteiger partial charge >= 0.3 is 0 Å². The third kappa shape index (κ3) is 2.99. The Bertz CT molecular complexity index is 798. The lowest BCUT2D eigenvalue weighted by atomic mass is 10.1. The van der Waals surface area contributed by atoms with Crippen LogP contribution in [0.15, 0.2) is 45.0 Å². The van der Waals surface area contributed by atoms with Crippen LogP contribution >= 0.6 is 43.5 Å². The first-order valence-electron chi connectivity index (χ1n) is 6.21. The summed E-state index contributed by atoms with van der Waals surface area (Å²) in [6, 6.07) is 8.68. The molecule has 3 rings (SSSR count). The molecule has 0 fully saturated rings. The molecule has 112 valence electrons. The van der Waals surface area contributed by atoms with Crippen LogP contribution in [0.4, 0.5) is 11.4 Å². The van der Waals surface area contributed by atoms with Gasteiger partial charge in [-0.3, -0.25) is 4.79 Å². The van der Waals surface area contributed by atoms with E-state index in [-0.39, 0.29) is 11.7 Å². The van der Waals surface area contributed by atoms with Gasteiger partial charge in [-0.05, 0) is 73.8 Å². The molecule has 0 aliphatic carbocycles. The Morgan fingerprint density at radius 2 is 1.73 bits per heavy atom. The highest BCUT2D eigenvalue weighted by Gasteiger charge is 2.19. The van der Waals surface area contributed by atoms with Crippen LogP contribution in [0.5, 0.6) is 5.75 Å². The number of hydrogen-bond donors (Lipinski definition) is 3. The number of phenolic OH excluding ortho intramolecular Hbond substituents is 1. The molecule has 0 bridgehead atoms. The maximum atomic E-state index is 12.2. The average molecular weight is 445 g/mol. The first-order valence-corrected chi connectivity index (χ1v) is 8.18. The summed E-state index contributed by atoms with van der Waals surface area (Å²) in [5.41, 5.74) is 2.57. The number of carbonyl (C=O) groups excluding carboxylic acids is 1. The normalized spacial score (nSPS) is 15.2. The summed E-state index contributed by atoms with van der Waals surface area (Å²) in [7, 11) is 0. The molecule has 22 heavy (non-hydrogen) atoms. The fourth-order valence-electron chi connectivity index (χ4n) is 2.06. The minimum Gasteiger partial charge on any atom is -0.506 e. The Balaban J connectivity index is 1.99. The predicted octanol–water partition coefficient (Wildman–Crippen LogP) is 4.98. The molecule has 0 aromatic heterocycles. The molecule has 0 atom stereocenters. The van der Waals surface area contributed by atoms with E-state index >= 15 is 0 Å². The van der Waals surface area contributed by atoms with Crippen LogP contribution < -0.4 is 10.6 Å². The highest BCUT2D eigenvalue weighted by molar-refractivity contribution is 9.11. The summed E-state index contributed by atoms with van der Waals surface area (Å²) in [5.74, 6) is -0.140. The number of benzene rings is 2. The lowest BCUT2D eigenvalue weighted by Gasteiger charge is -2.21. The molecule has 0 radical (unpaired) electrons. The van der Waals surface area contributed by atoms with E-state index < -0.39 is 0 Å². The largest absolute Gasteiger partial charge is 0.506 e. The van der Waals surface area contributed by atoms with E-state index in [4.69, 9.17) is 11.6 Å². The molecular formula is C15H9Br2ClN2O2. The first-order chi connectivity index (χ1) is 10.4. The van der Waals surface area contributed by atoms with Crippen molar-refractivity contribution in [2.24, 2.45) is 0 Å². The van der Waals surface area contributed by atoms with E-state index in [9.17, 15) is 9.90 Å². The molecule has 3 N–H and O–H groups in total. The Morgan fingerprint density at radius 3 is 2.41 bits per heavy atom. The molecule has 2 aromatic carbocycles. The number of amides is 1. The Labute approximate surface area is 148 Å². The minimum atomic E-state index is -0.255. The van der Waals surface area contributed by atoms with Crippen molar-refractivity contribution in [2.45, 2.75) is 0 Å². The second kappa shape index (κ2) is 5.95. The number of hydrogen-bond acceptors (Lipinski definition) is 3. The highest BCUT2D eigenvalue weighted by Crippen LogP contribution is 2.35. The van der Waals surface area contributed by atoms with Crippen molar-refractivity contribution in [1.29, 1.82) is 0 Å². The van der Waals surface area contributed by atoms with Crippen molar-refractivity contribution >= 4 is 66.8 Å². The fraction of sp³-hybridized carbons (Fsp3) is 0. The second-order valence-corrected chi connectivity index (χ2v) is 6.81. The van der Waals surface area contributed by atoms with E-state index in [2.05, 4.69) is 42.5 Å². The van der Waals surface area contributed by atoms with Gasteiger partial charge in [-0.25, -0.2) is 0 Å². The van der Waals surface area contributed by atoms with Crippen molar-refractivity contribution < 1.29 is 9.90 Å². The van der Waals surface area contributed by atoms with E-state index in [1.807, 2.05) is 0 Å². The third-order valence-corrected chi connectivity index (χ3v) is 4.54. The van der Waals surface area contributed by atoms with Gasteiger partial charge in [0.15, 0.2) is 0 Å². The summed E-state index contributed by atoms with van der Waals surface area (Å²) < 4.78 is 1.08. The monoisotopic (exact) mass is 442 g/mol. The first kappa shape index (κ1) is 15.4. The summed E-state index contributed by atoms with van der Waals surface area (Å²) in [5, 5.41) is 16.1. The molecule has 0 saturated heterocycles. The van der Waals surface area contributed by atoms with Crippen molar-refractivity contribution in [3.8, 4) is 5.75 Å². The van der Waals surface area contributed by atoms with Crippen molar-refractivity contribution in [3.63, 3.8) is 0 Å². The van der Waals surface area contributed by atoms with Crippen molar-refractivity contribution in [3.05, 3.63) is 55.6 Å². The summed E-state index contributed by atoms with van der Waals surface area (Å²) in [6.45, 7) is 0. The van der Waals surface area contributed by atoms with Crippen molar-refractivity contribution in [2.75, 3.05) is 10.6 Å². The Kier molecular flexibility index (Phi) is 4.16. The smallest absolute Gasteiger partial charge is 0.272 e. The maximum absolute atomic E-state index is 12.2. The lowest BCUT2D eigenvalue weighted by Crippen LogP contribution is -2.25. The van der Waals surface area contributed by atoms with Crippen LogP contribution in [0.25, 0.3) is 6.08 Å². The van der Waals surface area contributed by atoms with Gasteiger partial charge in [0, 0.05) is 5.02 Å². The predicted molar refractivity (Wildman–Crippen MR) is 95.2 cm³/mol. The minimum absolute atomic E-state index is 0.114. The summed E-state index contributed by atoms with van der Waals surface area (Å²) >= 11 is 12.4. The van der Waals surface area contributed by atoms with Crippen LogP contribution in [0.3, 0.4) is 0 Å². The zero-order valence-electron chi connectivity index (χ0n) is 11.0. The molecule has 1 amide bonds. The number of carbonyl (C=O) groups is 1. The number of nitrogens with one attached hydrogen (secondary N) is 2. The van der Waals surface area contributed by atoms with Gasteiger partial charge in [-0.2, -0.15) is 0 Å². The molecular weight excluding hydrogens is 435 g/mol. The number of halogens is 3. The molecule has 1 aliphatic heterocycles. The van der Waals surface area contributed by atoms with Crippen molar-refractivity contribution in [1.82, 2.24) is 0 Å². The molecule has 7 heteroatoms. The van der Waals surface area contributed by atoms with Crippen LogP contribution in [0.2, 0.25) is 5.02 Å². The quantitative estimate of drug-likeness (QED) is 0.544. The van der Waals surface area contributed by atoms with E-state index in [1.54, 1.807) is 36.4 Å². The lowest BCUT2D eigenvalue weighted by molar-refractivity contribution is -0.112. The SMILES string of the molecule is O=C1Nc2cc(Cl)ccc2N/C1=C\c1cc(Br)c(O)c(Br)c1. The third-order valence-electron chi connectivity index (χ3n) is 3.09. The standard InChI is InChI=1S/C15H9Br2ClN2O2/c16-9-3-7(4-10(17)14(9)21)5-13-15(22)20-12-6-8(18)1-2-11(12)19-13/h1-6,19,21H,(H,20,22)/b13-5-. The number of rotatable bonds is 1. The molecule has 1 aliphatic rings. The number of fused-ring (bicyclic) bond motifs is 1. The van der Waals surface area contributed by atoms with Crippen LogP contribution in [-0.4, -0.2) is 11.0 Å². The molecule has 2 aromatic rings. The van der Waals surface area contributed by atoms with Gasteiger partial charge in [-0.1, -0.05) is 11.6 Å². The van der Waals surface area contributed by atoms with Gasteiger partial charge < -0.3 is 15.7 Å². The molecule has 0 saturated carbocycles. The van der Waals surface area contributed by atoms with E-state index in [1.165, 1.54) is 0 Å².